The zero-order valence-electron chi connectivity index (χ0n) is 15.7. The highest BCUT2D eigenvalue weighted by molar-refractivity contribution is 8.14. The number of hydrogen-bond acceptors (Lipinski definition) is 5. The Bertz CT molecular complexity index is 901. The minimum atomic E-state index is -2.54. The van der Waals surface area contributed by atoms with E-state index in [2.05, 4.69) is 10.3 Å². The van der Waals surface area contributed by atoms with Gasteiger partial charge in [0.15, 0.2) is 5.17 Å². The number of amides is 1. The van der Waals surface area contributed by atoms with Crippen LogP contribution < -0.4 is 14.8 Å². The van der Waals surface area contributed by atoms with Crippen molar-refractivity contribution in [2.24, 2.45) is 4.99 Å². The number of aliphatic imine (C=N–C) groups is 1. The van der Waals surface area contributed by atoms with Crippen molar-refractivity contribution in [1.82, 2.24) is 5.32 Å². The lowest BCUT2D eigenvalue weighted by atomic mass is 10.1. The molecule has 0 aliphatic carbocycles. The molecule has 1 amide bonds. The molecule has 1 aliphatic heterocycles. The van der Waals surface area contributed by atoms with Gasteiger partial charge in [0, 0.05) is 11.8 Å². The number of methoxy groups -OCH3 is 1. The topological polar surface area (TPSA) is 59.9 Å². The maximum Gasteiger partial charge on any atom is 0.272 e. The van der Waals surface area contributed by atoms with Gasteiger partial charge >= 0.3 is 0 Å². The molecule has 0 saturated heterocycles. The fourth-order valence-corrected chi connectivity index (χ4v) is 3.58. The molecule has 1 atom stereocenters. The summed E-state index contributed by atoms with van der Waals surface area (Å²) in [5, 5.41) is 3.32. The van der Waals surface area contributed by atoms with Gasteiger partial charge in [0.25, 0.3) is 6.43 Å². The quantitative estimate of drug-likeness (QED) is 0.681. The van der Waals surface area contributed by atoms with Crippen LogP contribution in [0.3, 0.4) is 0 Å². The van der Waals surface area contributed by atoms with Gasteiger partial charge in [-0.1, -0.05) is 36.0 Å². The molecule has 1 N–H and O–H groups in total. The normalized spacial score (nSPS) is 16.1. The van der Waals surface area contributed by atoms with Gasteiger partial charge in [0.05, 0.1) is 13.2 Å². The van der Waals surface area contributed by atoms with Gasteiger partial charge in [-0.05, 0) is 41.5 Å². The average Bonchev–Trinajstić information content (AvgIpc) is 3.19. The van der Waals surface area contributed by atoms with Crippen molar-refractivity contribution in [3.63, 3.8) is 0 Å². The summed E-state index contributed by atoms with van der Waals surface area (Å²) >= 11 is 1.48. The molecule has 8 heteroatoms. The number of benzene rings is 2. The number of thioether (sulfide) groups is 1. The maximum atomic E-state index is 12.2. The predicted molar refractivity (Wildman–Crippen MR) is 111 cm³/mol. The van der Waals surface area contributed by atoms with E-state index in [0.717, 1.165) is 17.1 Å². The maximum absolute atomic E-state index is 12.2. The van der Waals surface area contributed by atoms with Crippen LogP contribution >= 0.6 is 11.8 Å². The summed E-state index contributed by atoms with van der Waals surface area (Å²) in [6.45, 7) is -0.667. The number of carbonyl (C=O) groups excluding carboxylic acids is 1. The summed E-state index contributed by atoms with van der Waals surface area (Å²) in [5.74, 6) is 1.54. The van der Waals surface area contributed by atoms with Crippen LogP contribution in [0.25, 0.3) is 6.08 Å². The predicted octanol–water partition coefficient (Wildman–Crippen LogP) is 4.31. The Labute approximate surface area is 171 Å². The molecule has 0 saturated carbocycles. The Balaban J connectivity index is 1.55. The highest BCUT2D eigenvalue weighted by atomic mass is 32.2. The number of alkyl halides is 2. The molecule has 1 unspecified atom stereocenters. The highest BCUT2D eigenvalue weighted by Crippen LogP contribution is 2.30. The SMILES string of the molecule is COc1ccc(C2CSC(NC(=O)/C=C/c3cccc(OCC(F)F)c3)=N2)cc1. The monoisotopic (exact) mass is 418 g/mol. The smallest absolute Gasteiger partial charge is 0.272 e. The molecular weight excluding hydrogens is 398 g/mol. The van der Waals surface area contributed by atoms with E-state index in [1.807, 2.05) is 24.3 Å². The second-order valence-electron chi connectivity index (χ2n) is 6.13. The van der Waals surface area contributed by atoms with Crippen LogP contribution in [-0.2, 0) is 4.79 Å². The molecule has 3 rings (SSSR count). The number of rotatable bonds is 7. The Morgan fingerprint density at radius 1 is 1.28 bits per heavy atom. The zero-order valence-corrected chi connectivity index (χ0v) is 16.5. The molecule has 0 radical (unpaired) electrons. The van der Waals surface area contributed by atoms with E-state index in [1.54, 1.807) is 37.5 Å². The molecule has 5 nitrogen and oxygen atoms in total. The Kier molecular flexibility index (Phi) is 7.24. The lowest BCUT2D eigenvalue weighted by Gasteiger charge is -2.06. The summed E-state index contributed by atoms with van der Waals surface area (Å²) in [4.78, 5) is 16.7. The molecule has 0 fully saturated rings. The van der Waals surface area contributed by atoms with Gasteiger partial charge in [0.1, 0.15) is 18.1 Å². The van der Waals surface area contributed by atoms with Crippen LogP contribution in [-0.4, -0.2) is 37.0 Å². The van der Waals surface area contributed by atoms with E-state index in [0.29, 0.717) is 16.5 Å². The van der Waals surface area contributed by atoms with Gasteiger partial charge in [-0.25, -0.2) is 8.78 Å². The van der Waals surface area contributed by atoms with Crippen molar-refractivity contribution >= 4 is 28.9 Å². The Hall–Kier alpha value is -2.87. The number of hydrogen-bond donors (Lipinski definition) is 1. The van der Waals surface area contributed by atoms with Gasteiger partial charge < -0.3 is 14.8 Å². The molecular formula is C21H20F2N2O3S. The largest absolute Gasteiger partial charge is 0.497 e. The summed E-state index contributed by atoms with van der Waals surface area (Å²) in [7, 11) is 1.62. The van der Waals surface area contributed by atoms with Crippen molar-refractivity contribution in [1.29, 1.82) is 0 Å². The van der Waals surface area contributed by atoms with Crippen LogP contribution in [0.2, 0.25) is 0 Å². The first-order valence-corrected chi connectivity index (χ1v) is 9.86. The van der Waals surface area contributed by atoms with E-state index in [-0.39, 0.29) is 11.9 Å². The van der Waals surface area contributed by atoms with Crippen LogP contribution in [0.15, 0.2) is 59.6 Å². The number of halogens is 2. The van der Waals surface area contributed by atoms with Gasteiger partial charge in [-0.2, -0.15) is 0 Å². The molecule has 0 bridgehead atoms. The molecule has 1 aliphatic rings. The zero-order chi connectivity index (χ0) is 20.6. The third-order valence-corrected chi connectivity index (χ3v) is 5.01. The summed E-state index contributed by atoms with van der Waals surface area (Å²) in [6.07, 6.45) is 0.424. The van der Waals surface area contributed by atoms with Crippen molar-refractivity contribution in [2.45, 2.75) is 12.5 Å². The van der Waals surface area contributed by atoms with Gasteiger partial charge in [-0.15, -0.1) is 0 Å². The van der Waals surface area contributed by atoms with E-state index >= 15 is 0 Å². The lowest BCUT2D eigenvalue weighted by Crippen LogP contribution is -2.25. The van der Waals surface area contributed by atoms with Crippen molar-refractivity contribution in [3.05, 3.63) is 65.7 Å². The Morgan fingerprint density at radius 3 is 2.79 bits per heavy atom. The lowest BCUT2D eigenvalue weighted by molar-refractivity contribution is -0.115. The molecule has 0 aromatic heterocycles. The first-order valence-electron chi connectivity index (χ1n) is 8.88. The van der Waals surface area contributed by atoms with E-state index in [9.17, 15) is 13.6 Å². The number of ether oxygens (including phenoxy) is 2. The van der Waals surface area contributed by atoms with Crippen molar-refractivity contribution in [3.8, 4) is 11.5 Å². The molecule has 2 aromatic rings. The van der Waals surface area contributed by atoms with E-state index < -0.39 is 13.0 Å². The van der Waals surface area contributed by atoms with Crippen molar-refractivity contribution < 1.29 is 23.0 Å². The van der Waals surface area contributed by atoms with Crippen LogP contribution in [0.4, 0.5) is 8.78 Å². The first-order chi connectivity index (χ1) is 14.0. The second-order valence-corrected chi connectivity index (χ2v) is 7.14. The number of nitrogens with one attached hydrogen (secondary N) is 1. The second kappa shape index (κ2) is 10.1. The van der Waals surface area contributed by atoms with Crippen LogP contribution in [0.5, 0.6) is 11.5 Å². The van der Waals surface area contributed by atoms with Gasteiger partial charge in [-0.3, -0.25) is 9.79 Å². The summed E-state index contributed by atoms with van der Waals surface area (Å²) < 4.78 is 34.6. The number of nitrogens with zero attached hydrogens (tertiary/aromatic N) is 1. The van der Waals surface area contributed by atoms with Crippen LogP contribution in [0.1, 0.15) is 17.2 Å². The first kappa shape index (κ1) is 20.9. The minimum absolute atomic E-state index is 0.0196. The minimum Gasteiger partial charge on any atom is -0.497 e. The van der Waals surface area contributed by atoms with E-state index in [4.69, 9.17) is 9.47 Å². The van der Waals surface area contributed by atoms with Crippen LogP contribution in [0, 0.1) is 0 Å². The standard InChI is InChI=1S/C21H20F2N2O3S/c1-27-16-8-6-15(7-9-16)18-13-29-21(24-18)25-20(26)10-5-14-3-2-4-17(11-14)28-12-19(22)23/h2-11,18-19H,12-13H2,1H3,(H,24,25,26)/b10-5+. The number of amidine groups is 1. The third kappa shape index (κ3) is 6.32. The van der Waals surface area contributed by atoms with Crippen molar-refractivity contribution in [2.75, 3.05) is 19.5 Å². The molecule has 152 valence electrons. The fraction of sp³-hybridized carbons (Fsp3) is 0.238. The summed E-state index contributed by atoms with van der Waals surface area (Å²) in [5.41, 5.74) is 1.72. The Morgan fingerprint density at radius 2 is 2.07 bits per heavy atom. The fourth-order valence-electron chi connectivity index (χ4n) is 2.63. The molecule has 0 spiro atoms. The molecule has 29 heavy (non-hydrogen) atoms. The summed E-state index contributed by atoms with van der Waals surface area (Å²) in [6, 6.07) is 14.3. The number of carbonyl (C=O) groups is 1. The van der Waals surface area contributed by atoms with Gasteiger partial charge in [0.2, 0.25) is 5.91 Å². The molecule has 1 heterocycles. The highest BCUT2D eigenvalue weighted by Gasteiger charge is 2.20. The third-order valence-electron chi connectivity index (χ3n) is 4.04. The molecule has 2 aromatic carbocycles. The van der Waals surface area contributed by atoms with E-state index in [1.165, 1.54) is 17.8 Å². The average molecular weight is 418 g/mol.